The number of benzene rings is 1. The van der Waals surface area contributed by atoms with Crippen molar-refractivity contribution in [2.75, 3.05) is 0 Å². The van der Waals surface area contributed by atoms with E-state index in [4.69, 9.17) is 4.52 Å². The van der Waals surface area contributed by atoms with Crippen molar-refractivity contribution in [1.29, 1.82) is 0 Å². The van der Waals surface area contributed by atoms with Crippen molar-refractivity contribution >= 4 is 0 Å². The zero-order valence-electron chi connectivity index (χ0n) is 10.8. The van der Waals surface area contributed by atoms with Gasteiger partial charge in [-0.3, -0.25) is 4.98 Å². The average Bonchev–Trinajstić information content (AvgIpc) is 2.96. The zero-order valence-corrected chi connectivity index (χ0v) is 10.8. The summed E-state index contributed by atoms with van der Waals surface area (Å²) in [6.45, 7) is 0. The van der Waals surface area contributed by atoms with Crippen molar-refractivity contribution in [1.82, 2.24) is 15.1 Å². The lowest BCUT2D eigenvalue weighted by atomic mass is 10.1. The monoisotopic (exact) mass is 309 g/mol. The molecule has 3 rings (SSSR count). The number of rotatable bonds is 2. The van der Waals surface area contributed by atoms with Gasteiger partial charge in [-0.15, -0.1) is 0 Å². The van der Waals surface area contributed by atoms with Gasteiger partial charge in [-0.05, 0) is 30.3 Å². The zero-order chi connectivity index (χ0) is 15.7. The van der Waals surface area contributed by atoms with Crippen molar-refractivity contribution < 1.29 is 22.1 Å². The summed E-state index contributed by atoms with van der Waals surface area (Å²) in [5.41, 5.74) is -0.882. The molecular formula is C14H7F4N3O. The molecule has 0 bridgehead atoms. The first-order valence-corrected chi connectivity index (χ1v) is 6.07. The molecule has 0 N–H and O–H groups in total. The summed E-state index contributed by atoms with van der Waals surface area (Å²) in [6, 6.07) is 7.04. The molecule has 3 aromatic rings. The predicted molar refractivity (Wildman–Crippen MR) is 67.9 cm³/mol. The lowest BCUT2D eigenvalue weighted by Gasteiger charge is -2.07. The summed E-state index contributed by atoms with van der Waals surface area (Å²) in [5, 5.41) is 3.63. The van der Waals surface area contributed by atoms with E-state index in [0.29, 0.717) is 11.8 Å². The number of halogens is 4. The van der Waals surface area contributed by atoms with Crippen LogP contribution in [0.25, 0.3) is 23.0 Å². The summed E-state index contributed by atoms with van der Waals surface area (Å²) in [6.07, 6.45) is -3.16. The van der Waals surface area contributed by atoms with E-state index in [1.807, 2.05) is 0 Å². The highest BCUT2D eigenvalue weighted by Gasteiger charge is 2.32. The molecule has 0 radical (unpaired) electrons. The largest absolute Gasteiger partial charge is 0.416 e. The second kappa shape index (κ2) is 5.21. The lowest BCUT2D eigenvalue weighted by Crippen LogP contribution is -2.05. The highest BCUT2D eigenvalue weighted by atomic mass is 19.4. The molecule has 2 heterocycles. The van der Waals surface area contributed by atoms with Crippen LogP contribution < -0.4 is 0 Å². The smallest absolute Gasteiger partial charge is 0.334 e. The Morgan fingerprint density at radius 3 is 2.55 bits per heavy atom. The molecule has 112 valence electrons. The maximum Gasteiger partial charge on any atom is 0.416 e. The van der Waals surface area contributed by atoms with E-state index in [1.54, 1.807) is 18.2 Å². The summed E-state index contributed by atoms with van der Waals surface area (Å²) < 4.78 is 56.3. The fraction of sp³-hybridized carbons (Fsp3) is 0.0714. The number of pyridine rings is 1. The molecule has 0 aliphatic carbocycles. The number of alkyl halides is 3. The van der Waals surface area contributed by atoms with E-state index in [0.717, 1.165) is 12.1 Å². The van der Waals surface area contributed by atoms with Gasteiger partial charge in [-0.1, -0.05) is 11.2 Å². The number of hydrogen-bond donors (Lipinski definition) is 0. The Kier molecular flexibility index (Phi) is 3.36. The lowest BCUT2D eigenvalue weighted by molar-refractivity contribution is -0.137. The molecule has 0 aliphatic heterocycles. The molecule has 0 aliphatic rings. The average molecular weight is 309 g/mol. The van der Waals surface area contributed by atoms with Crippen LogP contribution in [0.5, 0.6) is 0 Å². The third kappa shape index (κ3) is 2.80. The van der Waals surface area contributed by atoms with Crippen LogP contribution in [-0.2, 0) is 6.18 Å². The fourth-order valence-corrected chi connectivity index (χ4v) is 1.82. The molecular weight excluding hydrogens is 302 g/mol. The molecule has 22 heavy (non-hydrogen) atoms. The predicted octanol–water partition coefficient (Wildman–Crippen LogP) is 3.96. The third-order valence-electron chi connectivity index (χ3n) is 2.79. The molecule has 2 aromatic heterocycles. The normalized spacial score (nSPS) is 11.6. The summed E-state index contributed by atoms with van der Waals surface area (Å²) in [7, 11) is 0. The highest BCUT2D eigenvalue weighted by molar-refractivity contribution is 5.58. The molecule has 8 heteroatoms. The Balaban J connectivity index is 2.02. The first-order chi connectivity index (χ1) is 10.4. The van der Waals surface area contributed by atoms with Crippen LogP contribution in [0.4, 0.5) is 17.6 Å². The molecule has 4 nitrogen and oxygen atoms in total. The Morgan fingerprint density at radius 1 is 1.05 bits per heavy atom. The summed E-state index contributed by atoms with van der Waals surface area (Å²) >= 11 is 0. The SMILES string of the molecule is Fc1cc(-c2nc(-c3ccccn3)no2)cc(C(F)(F)F)c1. The minimum absolute atomic E-state index is 0.105. The summed E-state index contributed by atoms with van der Waals surface area (Å²) in [5.74, 6) is -1.15. The van der Waals surface area contributed by atoms with Crippen LogP contribution >= 0.6 is 0 Å². The van der Waals surface area contributed by atoms with Crippen molar-refractivity contribution in [3.8, 4) is 23.0 Å². The Labute approximate surface area is 121 Å². The van der Waals surface area contributed by atoms with Crippen molar-refractivity contribution in [2.45, 2.75) is 6.18 Å². The van der Waals surface area contributed by atoms with Crippen molar-refractivity contribution in [3.63, 3.8) is 0 Å². The Morgan fingerprint density at radius 2 is 1.86 bits per heavy atom. The summed E-state index contributed by atoms with van der Waals surface area (Å²) in [4.78, 5) is 7.93. The van der Waals surface area contributed by atoms with Crippen LogP contribution in [-0.4, -0.2) is 15.1 Å². The van der Waals surface area contributed by atoms with E-state index in [2.05, 4.69) is 15.1 Å². The number of nitrogens with zero attached hydrogens (tertiary/aromatic N) is 3. The van der Waals surface area contributed by atoms with Gasteiger partial charge in [-0.25, -0.2) is 4.39 Å². The van der Waals surface area contributed by atoms with Crippen LogP contribution in [0.2, 0.25) is 0 Å². The Hall–Kier alpha value is -2.77. The highest BCUT2D eigenvalue weighted by Crippen LogP contribution is 2.33. The van der Waals surface area contributed by atoms with Gasteiger partial charge < -0.3 is 4.52 Å². The quantitative estimate of drug-likeness (QED) is 0.672. The molecule has 0 unspecified atom stereocenters. The maximum absolute atomic E-state index is 13.4. The van der Waals surface area contributed by atoms with Gasteiger partial charge >= 0.3 is 6.18 Å². The minimum Gasteiger partial charge on any atom is -0.334 e. The standard InChI is InChI=1S/C14H7F4N3O/c15-10-6-8(5-9(7-10)14(16,17)18)13-20-12(21-22-13)11-3-1-2-4-19-11/h1-7H. The van der Waals surface area contributed by atoms with Gasteiger partial charge in [-0.2, -0.15) is 18.2 Å². The van der Waals surface area contributed by atoms with Gasteiger partial charge in [0.2, 0.25) is 5.82 Å². The van der Waals surface area contributed by atoms with E-state index in [9.17, 15) is 17.6 Å². The van der Waals surface area contributed by atoms with E-state index >= 15 is 0 Å². The van der Waals surface area contributed by atoms with Gasteiger partial charge in [0.25, 0.3) is 5.89 Å². The number of hydrogen-bond acceptors (Lipinski definition) is 4. The minimum atomic E-state index is -4.67. The Bertz CT molecular complexity index is 799. The molecule has 0 saturated heterocycles. The van der Waals surface area contributed by atoms with Crippen molar-refractivity contribution in [3.05, 3.63) is 54.0 Å². The van der Waals surface area contributed by atoms with E-state index in [-0.39, 0.29) is 17.3 Å². The van der Waals surface area contributed by atoms with Crippen molar-refractivity contribution in [2.24, 2.45) is 0 Å². The second-order valence-electron chi connectivity index (χ2n) is 4.36. The van der Waals surface area contributed by atoms with Gasteiger partial charge in [0.1, 0.15) is 11.5 Å². The van der Waals surface area contributed by atoms with Gasteiger partial charge in [0.05, 0.1) is 5.56 Å². The number of aromatic nitrogens is 3. The van der Waals surface area contributed by atoms with Gasteiger partial charge in [0.15, 0.2) is 0 Å². The molecule has 0 amide bonds. The van der Waals surface area contributed by atoms with Crippen LogP contribution in [0.3, 0.4) is 0 Å². The first-order valence-electron chi connectivity index (χ1n) is 6.07. The topological polar surface area (TPSA) is 51.8 Å². The fourth-order valence-electron chi connectivity index (χ4n) is 1.82. The van der Waals surface area contributed by atoms with Crippen LogP contribution in [0.15, 0.2) is 47.1 Å². The first kappa shape index (κ1) is 14.2. The van der Waals surface area contributed by atoms with E-state index in [1.165, 1.54) is 6.20 Å². The van der Waals surface area contributed by atoms with Crippen LogP contribution in [0.1, 0.15) is 5.56 Å². The molecule has 1 aromatic carbocycles. The second-order valence-corrected chi connectivity index (χ2v) is 4.36. The molecule has 0 spiro atoms. The van der Waals surface area contributed by atoms with Gasteiger partial charge in [0, 0.05) is 11.8 Å². The molecule has 0 fully saturated rings. The third-order valence-corrected chi connectivity index (χ3v) is 2.79. The molecule has 0 saturated carbocycles. The maximum atomic E-state index is 13.4. The van der Waals surface area contributed by atoms with E-state index < -0.39 is 17.6 Å². The van der Waals surface area contributed by atoms with Crippen LogP contribution in [0, 0.1) is 5.82 Å². The molecule has 0 atom stereocenters.